The van der Waals surface area contributed by atoms with Crippen LogP contribution >= 0.6 is 0 Å². The summed E-state index contributed by atoms with van der Waals surface area (Å²) in [6.45, 7) is 0.427. The molecule has 0 bridgehead atoms. The number of carboxylic acids is 1. The van der Waals surface area contributed by atoms with Crippen molar-refractivity contribution in [2.75, 3.05) is 26.9 Å². The molecule has 0 spiro atoms. The largest absolute Gasteiger partial charge is 0.478 e. The van der Waals surface area contributed by atoms with Gasteiger partial charge in [-0.3, -0.25) is 9.78 Å². The lowest BCUT2D eigenvalue weighted by molar-refractivity contribution is -0.151. The molecule has 1 aliphatic rings. The van der Waals surface area contributed by atoms with Crippen LogP contribution in [0.1, 0.15) is 20.8 Å². The standard InChI is InChI=1S/C13H14N2O6/c1-20-13(19)9-7-21-6-5-15(9)11(16)10-8(12(17)18)3-2-4-14-10/h2-4,9H,5-7H2,1H3,(H,17,18). The first kappa shape index (κ1) is 14.9. The number of carbonyl (C=O) groups excluding carboxylic acids is 2. The summed E-state index contributed by atoms with van der Waals surface area (Å²) in [4.78, 5) is 40.4. The number of esters is 1. The molecule has 1 aromatic heterocycles. The van der Waals surface area contributed by atoms with Gasteiger partial charge in [0.05, 0.1) is 25.9 Å². The van der Waals surface area contributed by atoms with Gasteiger partial charge in [0.25, 0.3) is 5.91 Å². The van der Waals surface area contributed by atoms with E-state index in [1.807, 2.05) is 0 Å². The lowest BCUT2D eigenvalue weighted by Crippen LogP contribution is -2.53. The van der Waals surface area contributed by atoms with Gasteiger partial charge in [0.1, 0.15) is 5.69 Å². The van der Waals surface area contributed by atoms with Gasteiger partial charge in [0.2, 0.25) is 0 Å². The summed E-state index contributed by atoms with van der Waals surface area (Å²) < 4.78 is 9.80. The van der Waals surface area contributed by atoms with Gasteiger partial charge in [-0.1, -0.05) is 0 Å². The van der Waals surface area contributed by atoms with E-state index in [0.717, 1.165) is 0 Å². The fourth-order valence-electron chi connectivity index (χ4n) is 2.06. The highest BCUT2D eigenvalue weighted by molar-refractivity contribution is 6.04. The number of nitrogens with zero attached hydrogens (tertiary/aromatic N) is 2. The van der Waals surface area contributed by atoms with Crippen molar-refractivity contribution in [1.29, 1.82) is 0 Å². The van der Waals surface area contributed by atoms with E-state index in [0.29, 0.717) is 0 Å². The molecule has 1 atom stereocenters. The summed E-state index contributed by atoms with van der Waals surface area (Å²) in [5.41, 5.74) is -0.418. The highest BCUT2D eigenvalue weighted by Gasteiger charge is 2.36. The molecule has 0 saturated carbocycles. The van der Waals surface area contributed by atoms with Crippen molar-refractivity contribution in [3.8, 4) is 0 Å². The predicted octanol–water partition coefficient (Wildman–Crippen LogP) is -0.206. The van der Waals surface area contributed by atoms with E-state index in [-0.39, 0.29) is 31.0 Å². The molecular formula is C13H14N2O6. The van der Waals surface area contributed by atoms with Crippen LogP contribution in [0, 0.1) is 0 Å². The molecule has 1 unspecified atom stereocenters. The summed E-state index contributed by atoms with van der Waals surface area (Å²) in [6, 6.07) is 1.81. The number of pyridine rings is 1. The minimum atomic E-state index is -1.26. The lowest BCUT2D eigenvalue weighted by atomic mass is 10.1. The average molecular weight is 294 g/mol. The molecule has 21 heavy (non-hydrogen) atoms. The van der Waals surface area contributed by atoms with Gasteiger partial charge in [-0.25, -0.2) is 9.59 Å². The van der Waals surface area contributed by atoms with E-state index >= 15 is 0 Å². The van der Waals surface area contributed by atoms with E-state index in [1.54, 1.807) is 0 Å². The van der Waals surface area contributed by atoms with Gasteiger partial charge >= 0.3 is 11.9 Å². The molecule has 1 aromatic rings. The first-order valence-electron chi connectivity index (χ1n) is 6.21. The fraction of sp³-hybridized carbons (Fsp3) is 0.385. The fourth-order valence-corrected chi connectivity index (χ4v) is 2.06. The van der Waals surface area contributed by atoms with Crippen LogP contribution in [0.5, 0.6) is 0 Å². The summed E-state index contributed by atoms with van der Waals surface area (Å²) in [5, 5.41) is 9.11. The zero-order chi connectivity index (χ0) is 15.4. The van der Waals surface area contributed by atoms with Crippen LogP contribution in [-0.2, 0) is 14.3 Å². The number of carbonyl (C=O) groups is 3. The van der Waals surface area contributed by atoms with Crippen molar-refractivity contribution in [3.05, 3.63) is 29.6 Å². The topological polar surface area (TPSA) is 106 Å². The maximum atomic E-state index is 12.5. The number of morpholine rings is 1. The third-order valence-corrected chi connectivity index (χ3v) is 3.10. The molecule has 2 heterocycles. The van der Waals surface area contributed by atoms with Crippen LogP contribution in [0.25, 0.3) is 0 Å². The summed E-state index contributed by atoms with van der Waals surface area (Å²) in [5.74, 6) is -2.50. The maximum Gasteiger partial charge on any atom is 0.338 e. The number of aromatic carboxylic acids is 1. The third kappa shape index (κ3) is 3.00. The minimum Gasteiger partial charge on any atom is -0.478 e. The van der Waals surface area contributed by atoms with Crippen molar-refractivity contribution in [2.45, 2.75) is 6.04 Å². The first-order chi connectivity index (χ1) is 10.1. The molecular weight excluding hydrogens is 280 g/mol. The Morgan fingerprint density at radius 1 is 1.48 bits per heavy atom. The molecule has 112 valence electrons. The van der Waals surface area contributed by atoms with Gasteiger partial charge in [-0.15, -0.1) is 0 Å². The number of methoxy groups -OCH3 is 1. The maximum absolute atomic E-state index is 12.5. The van der Waals surface area contributed by atoms with Crippen molar-refractivity contribution < 1.29 is 29.0 Å². The molecule has 1 aliphatic heterocycles. The van der Waals surface area contributed by atoms with Gasteiger partial charge in [0, 0.05) is 12.7 Å². The van der Waals surface area contributed by atoms with E-state index in [4.69, 9.17) is 9.84 Å². The molecule has 0 radical (unpaired) electrons. The smallest absolute Gasteiger partial charge is 0.338 e. The van der Waals surface area contributed by atoms with Crippen molar-refractivity contribution in [1.82, 2.24) is 9.88 Å². The molecule has 1 amide bonds. The van der Waals surface area contributed by atoms with Crippen molar-refractivity contribution in [3.63, 3.8) is 0 Å². The number of hydrogen-bond donors (Lipinski definition) is 1. The number of aromatic nitrogens is 1. The molecule has 0 aliphatic carbocycles. The van der Waals surface area contributed by atoms with Crippen LogP contribution in [0.3, 0.4) is 0 Å². The Bertz CT molecular complexity index is 574. The van der Waals surface area contributed by atoms with Gasteiger partial charge in [0.15, 0.2) is 6.04 Å². The van der Waals surface area contributed by atoms with Crippen molar-refractivity contribution in [2.24, 2.45) is 0 Å². The number of hydrogen-bond acceptors (Lipinski definition) is 6. The van der Waals surface area contributed by atoms with E-state index in [1.165, 1.54) is 30.3 Å². The monoisotopic (exact) mass is 294 g/mol. The Morgan fingerprint density at radius 2 is 2.24 bits per heavy atom. The minimum absolute atomic E-state index is 0.00759. The molecule has 1 saturated heterocycles. The molecule has 2 rings (SSSR count). The second-order valence-electron chi connectivity index (χ2n) is 4.32. The zero-order valence-electron chi connectivity index (χ0n) is 11.3. The Labute approximate surface area is 120 Å². The van der Waals surface area contributed by atoms with Gasteiger partial charge in [-0.05, 0) is 12.1 Å². The summed E-state index contributed by atoms with van der Waals surface area (Å²) >= 11 is 0. The summed E-state index contributed by atoms with van der Waals surface area (Å²) in [7, 11) is 1.21. The van der Waals surface area contributed by atoms with E-state index < -0.39 is 23.9 Å². The zero-order valence-corrected chi connectivity index (χ0v) is 11.3. The highest BCUT2D eigenvalue weighted by atomic mass is 16.5. The Hall–Kier alpha value is -2.48. The van der Waals surface area contributed by atoms with Crippen LogP contribution in [-0.4, -0.2) is 65.7 Å². The van der Waals surface area contributed by atoms with E-state index in [9.17, 15) is 14.4 Å². The molecule has 1 fully saturated rings. The van der Waals surface area contributed by atoms with Crippen molar-refractivity contribution >= 4 is 17.8 Å². The normalized spacial score (nSPS) is 18.1. The number of carboxylic acid groups (broad SMARTS) is 1. The van der Waals surface area contributed by atoms with Gasteiger partial charge < -0.3 is 19.5 Å². The predicted molar refractivity (Wildman–Crippen MR) is 68.9 cm³/mol. The average Bonchev–Trinajstić information content (AvgIpc) is 2.53. The number of ether oxygens (including phenoxy) is 2. The SMILES string of the molecule is COC(=O)C1COCCN1C(=O)c1ncccc1C(=O)O. The van der Waals surface area contributed by atoms with Gasteiger partial charge in [-0.2, -0.15) is 0 Å². The summed E-state index contributed by atoms with van der Waals surface area (Å²) in [6.07, 6.45) is 1.33. The lowest BCUT2D eigenvalue weighted by Gasteiger charge is -2.33. The van der Waals surface area contributed by atoms with E-state index in [2.05, 4.69) is 9.72 Å². The number of rotatable bonds is 3. The second-order valence-corrected chi connectivity index (χ2v) is 4.32. The Kier molecular flexibility index (Phi) is 4.49. The molecule has 1 N–H and O–H groups in total. The Balaban J connectivity index is 2.33. The molecule has 8 heteroatoms. The quantitative estimate of drug-likeness (QED) is 0.769. The second kappa shape index (κ2) is 6.31. The highest BCUT2D eigenvalue weighted by Crippen LogP contribution is 2.15. The number of amides is 1. The van der Waals surface area contributed by atoms with Crippen LogP contribution < -0.4 is 0 Å². The molecule has 8 nitrogen and oxygen atoms in total. The van der Waals surface area contributed by atoms with Crippen LogP contribution in [0.4, 0.5) is 0 Å². The third-order valence-electron chi connectivity index (χ3n) is 3.10. The Morgan fingerprint density at radius 3 is 2.90 bits per heavy atom. The first-order valence-corrected chi connectivity index (χ1v) is 6.21. The van der Waals surface area contributed by atoms with Crippen LogP contribution in [0.2, 0.25) is 0 Å². The van der Waals surface area contributed by atoms with Crippen LogP contribution in [0.15, 0.2) is 18.3 Å². The molecule has 0 aromatic carbocycles.